The summed E-state index contributed by atoms with van der Waals surface area (Å²) in [5.41, 5.74) is 5.36. The van der Waals surface area contributed by atoms with Crippen molar-refractivity contribution in [1.82, 2.24) is 5.32 Å². The zero-order valence-electron chi connectivity index (χ0n) is 8.67. The maximum atomic E-state index is 11.0. The first-order valence-corrected chi connectivity index (χ1v) is 4.69. The van der Waals surface area contributed by atoms with Crippen molar-refractivity contribution in [2.24, 2.45) is 5.73 Å². The molecule has 1 atom stereocenters. The number of carbonyl (C=O) groups excluding carboxylic acids is 1. The van der Waals surface area contributed by atoms with Gasteiger partial charge in [0.15, 0.2) is 0 Å². The molecule has 0 aliphatic carbocycles. The van der Waals surface area contributed by atoms with Crippen molar-refractivity contribution in [3.63, 3.8) is 0 Å². The number of rotatable bonds is 6. The largest absolute Gasteiger partial charge is 0.379 e. The van der Waals surface area contributed by atoms with Crippen molar-refractivity contribution >= 4 is 5.91 Å². The number of nitrogens with two attached hydrogens (primary N) is 1. The minimum atomic E-state index is -0.425. The molecular weight excluding hydrogens is 168 g/mol. The van der Waals surface area contributed by atoms with Crippen molar-refractivity contribution in [2.45, 2.75) is 39.3 Å². The number of nitrogens with one attached hydrogen (secondary N) is 1. The Labute approximate surface area is 79.8 Å². The number of ether oxygens (including phenoxy) is 1. The van der Waals surface area contributed by atoms with E-state index in [4.69, 9.17) is 10.5 Å². The van der Waals surface area contributed by atoms with E-state index in [1.807, 2.05) is 13.8 Å². The molecule has 0 heterocycles. The van der Waals surface area contributed by atoms with Crippen molar-refractivity contribution < 1.29 is 9.53 Å². The predicted molar refractivity (Wildman–Crippen MR) is 52.4 cm³/mol. The molecule has 1 unspecified atom stereocenters. The van der Waals surface area contributed by atoms with Crippen molar-refractivity contribution in [3.8, 4) is 0 Å². The quantitative estimate of drug-likeness (QED) is 0.588. The highest BCUT2D eigenvalue weighted by molar-refractivity contribution is 5.80. The van der Waals surface area contributed by atoms with Crippen LogP contribution < -0.4 is 11.1 Å². The maximum absolute atomic E-state index is 11.0. The normalized spacial score (nSPS) is 13.0. The van der Waals surface area contributed by atoms with Gasteiger partial charge in [-0.15, -0.1) is 0 Å². The third kappa shape index (κ3) is 7.74. The lowest BCUT2D eigenvalue weighted by Gasteiger charge is -2.09. The van der Waals surface area contributed by atoms with Gasteiger partial charge in [-0.1, -0.05) is 0 Å². The Morgan fingerprint density at radius 1 is 1.46 bits per heavy atom. The molecule has 3 N–H and O–H groups in total. The monoisotopic (exact) mass is 188 g/mol. The van der Waals surface area contributed by atoms with E-state index in [0.29, 0.717) is 13.2 Å². The summed E-state index contributed by atoms with van der Waals surface area (Å²) < 4.78 is 5.30. The minimum absolute atomic E-state index is 0.107. The minimum Gasteiger partial charge on any atom is -0.379 e. The molecule has 1 amide bonds. The van der Waals surface area contributed by atoms with Gasteiger partial charge in [0.25, 0.3) is 0 Å². The first kappa shape index (κ1) is 12.4. The summed E-state index contributed by atoms with van der Waals surface area (Å²) in [5.74, 6) is -0.107. The second kappa shape index (κ2) is 6.86. The van der Waals surface area contributed by atoms with Crippen LogP contribution in [0.5, 0.6) is 0 Å². The van der Waals surface area contributed by atoms with Gasteiger partial charge in [0.2, 0.25) is 5.91 Å². The van der Waals surface area contributed by atoms with Gasteiger partial charge in [-0.2, -0.15) is 0 Å². The molecule has 0 aromatic rings. The van der Waals surface area contributed by atoms with Crippen LogP contribution >= 0.6 is 0 Å². The summed E-state index contributed by atoms with van der Waals surface area (Å²) in [6.07, 6.45) is 1.08. The van der Waals surface area contributed by atoms with Gasteiger partial charge in [-0.05, 0) is 27.2 Å². The molecule has 0 rings (SSSR count). The van der Waals surface area contributed by atoms with Crippen LogP contribution in [0.1, 0.15) is 27.2 Å². The van der Waals surface area contributed by atoms with Crippen molar-refractivity contribution in [2.75, 3.05) is 13.2 Å². The lowest BCUT2D eigenvalue weighted by Crippen LogP contribution is -2.38. The summed E-state index contributed by atoms with van der Waals surface area (Å²) in [6, 6.07) is -0.425. The van der Waals surface area contributed by atoms with Gasteiger partial charge in [0, 0.05) is 13.2 Å². The molecule has 0 saturated heterocycles. The van der Waals surface area contributed by atoms with E-state index in [-0.39, 0.29) is 12.0 Å². The van der Waals surface area contributed by atoms with Crippen LogP contribution in [0.2, 0.25) is 0 Å². The second-order valence-corrected chi connectivity index (χ2v) is 3.35. The Bertz CT molecular complexity index is 147. The van der Waals surface area contributed by atoms with Crippen LogP contribution in [0.25, 0.3) is 0 Å². The molecular formula is C9H20N2O2. The predicted octanol–water partition coefficient (Wildman–Crippen LogP) is 0.265. The average molecular weight is 188 g/mol. The molecule has 0 aliphatic heterocycles. The summed E-state index contributed by atoms with van der Waals surface area (Å²) in [4.78, 5) is 11.0. The Balaban J connectivity index is 3.21. The third-order valence-electron chi connectivity index (χ3n) is 1.49. The highest BCUT2D eigenvalue weighted by Crippen LogP contribution is 1.89. The van der Waals surface area contributed by atoms with Crippen LogP contribution in [0.4, 0.5) is 0 Å². The van der Waals surface area contributed by atoms with Gasteiger partial charge in [0.05, 0.1) is 12.1 Å². The van der Waals surface area contributed by atoms with E-state index < -0.39 is 6.04 Å². The Morgan fingerprint density at radius 3 is 2.54 bits per heavy atom. The lowest BCUT2D eigenvalue weighted by molar-refractivity contribution is -0.122. The van der Waals surface area contributed by atoms with E-state index in [1.165, 1.54) is 0 Å². The fourth-order valence-corrected chi connectivity index (χ4v) is 0.764. The van der Waals surface area contributed by atoms with E-state index in [2.05, 4.69) is 5.32 Å². The molecule has 0 radical (unpaired) electrons. The highest BCUT2D eigenvalue weighted by atomic mass is 16.5. The van der Waals surface area contributed by atoms with Crippen LogP contribution in [-0.2, 0) is 9.53 Å². The molecule has 0 fully saturated rings. The Morgan fingerprint density at radius 2 is 2.08 bits per heavy atom. The summed E-state index contributed by atoms with van der Waals surface area (Å²) >= 11 is 0. The molecule has 0 saturated carbocycles. The van der Waals surface area contributed by atoms with Gasteiger partial charge in [-0.25, -0.2) is 0 Å². The first-order valence-electron chi connectivity index (χ1n) is 4.69. The molecule has 0 aliphatic rings. The summed E-state index contributed by atoms with van der Waals surface area (Å²) in [5, 5.41) is 2.71. The molecule has 0 bridgehead atoms. The summed E-state index contributed by atoms with van der Waals surface area (Å²) in [7, 11) is 0. The smallest absolute Gasteiger partial charge is 0.236 e. The van der Waals surface area contributed by atoms with Gasteiger partial charge < -0.3 is 15.8 Å². The van der Waals surface area contributed by atoms with E-state index in [9.17, 15) is 4.79 Å². The highest BCUT2D eigenvalue weighted by Gasteiger charge is 2.04. The fourth-order valence-electron chi connectivity index (χ4n) is 0.764. The standard InChI is InChI=1S/C9H20N2O2/c1-7(2)13-6-4-5-11-9(12)8(3)10/h7-8H,4-6,10H2,1-3H3,(H,11,12). The zero-order valence-corrected chi connectivity index (χ0v) is 8.67. The van der Waals surface area contributed by atoms with Crippen LogP contribution in [0.15, 0.2) is 0 Å². The molecule has 78 valence electrons. The Kier molecular flexibility index (Phi) is 6.54. The van der Waals surface area contributed by atoms with Crippen molar-refractivity contribution in [3.05, 3.63) is 0 Å². The number of carbonyl (C=O) groups is 1. The van der Waals surface area contributed by atoms with E-state index >= 15 is 0 Å². The SMILES string of the molecule is CC(C)OCCCNC(=O)C(C)N. The molecule has 0 aromatic carbocycles. The molecule has 4 nitrogen and oxygen atoms in total. The zero-order chi connectivity index (χ0) is 10.3. The molecule has 0 aromatic heterocycles. The van der Waals surface area contributed by atoms with Crippen LogP contribution in [0, 0.1) is 0 Å². The second-order valence-electron chi connectivity index (χ2n) is 3.35. The third-order valence-corrected chi connectivity index (χ3v) is 1.49. The molecule has 4 heteroatoms. The van der Waals surface area contributed by atoms with E-state index in [0.717, 1.165) is 6.42 Å². The maximum Gasteiger partial charge on any atom is 0.236 e. The fraction of sp³-hybridized carbons (Fsp3) is 0.889. The topological polar surface area (TPSA) is 64.3 Å². The first-order chi connectivity index (χ1) is 6.04. The Hall–Kier alpha value is -0.610. The number of amides is 1. The van der Waals surface area contributed by atoms with E-state index in [1.54, 1.807) is 6.92 Å². The lowest BCUT2D eigenvalue weighted by atomic mass is 10.3. The number of hydrogen-bond donors (Lipinski definition) is 2. The molecule has 0 spiro atoms. The number of hydrogen-bond acceptors (Lipinski definition) is 3. The van der Waals surface area contributed by atoms with Gasteiger partial charge in [0.1, 0.15) is 0 Å². The summed E-state index contributed by atoms with van der Waals surface area (Å²) in [6.45, 7) is 6.95. The van der Waals surface area contributed by atoms with Gasteiger partial charge in [-0.3, -0.25) is 4.79 Å². The average Bonchev–Trinajstić information content (AvgIpc) is 2.02. The van der Waals surface area contributed by atoms with Crippen molar-refractivity contribution in [1.29, 1.82) is 0 Å². The van der Waals surface area contributed by atoms with Crippen LogP contribution in [0.3, 0.4) is 0 Å². The van der Waals surface area contributed by atoms with Crippen LogP contribution in [-0.4, -0.2) is 31.2 Å². The molecule has 13 heavy (non-hydrogen) atoms. The van der Waals surface area contributed by atoms with Gasteiger partial charge >= 0.3 is 0 Å².